The normalized spacial score (nSPS) is 9.69. The number of ketones is 3. The quantitative estimate of drug-likeness (QED) is 0.197. The molecular weight excluding hydrogens is 787 g/mol. The molecule has 0 atom stereocenters. The molecule has 6 rings (SSSR count). The average molecular weight is 815 g/mol. The largest absolute Gasteiger partial charge is 3.00 e. The molecule has 0 aliphatic carbocycles. The number of rotatable bonds is 9. The molecule has 10 heteroatoms. The Labute approximate surface area is 326 Å². The first kappa shape index (κ1) is 40.4. The Morgan fingerprint density at radius 1 is 0.269 bits per heavy atom. The summed E-state index contributed by atoms with van der Waals surface area (Å²) in [6, 6.07) is 43.8. The molecule has 0 radical (unpaired) electrons. The number of aromatic carboxylic acids is 3. The van der Waals surface area contributed by atoms with Crippen molar-refractivity contribution in [3.63, 3.8) is 0 Å². The molecule has 0 aliphatic rings. The minimum absolute atomic E-state index is 0. The van der Waals surface area contributed by atoms with Gasteiger partial charge in [0.15, 0.2) is 17.3 Å². The summed E-state index contributed by atoms with van der Waals surface area (Å²) in [7, 11) is 0. The maximum atomic E-state index is 12.1. The minimum atomic E-state index is -1.34. The van der Waals surface area contributed by atoms with Crippen LogP contribution in [0.25, 0.3) is 0 Å². The van der Waals surface area contributed by atoms with E-state index in [1.165, 1.54) is 36.4 Å². The predicted molar refractivity (Wildman–Crippen MR) is 182 cm³/mol. The second-order valence-corrected chi connectivity index (χ2v) is 10.6. The minimum Gasteiger partial charge on any atom is -0.545 e. The van der Waals surface area contributed by atoms with E-state index in [1.54, 1.807) is 127 Å². The van der Waals surface area contributed by atoms with Gasteiger partial charge in [-0.15, -0.1) is 0 Å². The molecule has 6 aromatic rings. The topological polar surface area (TPSA) is 172 Å². The van der Waals surface area contributed by atoms with Gasteiger partial charge < -0.3 is 29.7 Å². The Morgan fingerprint density at radius 3 is 0.635 bits per heavy atom. The molecule has 0 spiro atoms. The van der Waals surface area contributed by atoms with Crippen LogP contribution < -0.4 is 15.3 Å². The van der Waals surface area contributed by atoms with Gasteiger partial charge in [0.2, 0.25) is 0 Å². The first-order chi connectivity index (χ1) is 24.6. The molecule has 0 fully saturated rings. The van der Waals surface area contributed by atoms with Crippen molar-refractivity contribution >= 4 is 35.3 Å². The molecule has 0 saturated carbocycles. The summed E-state index contributed by atoms with van der Waals surface area (Å²) in [6.07, 6.45) is 0. The van der Waals surface area contributed by atoms with Crippen molar-refractivity contribution in [3.05, 3.63) is 214 Å². The molecule has 0 aliphatic heterocycles. The molecular formula is C42H27LaO9. The molecule has 0 unspecified atom stereocenters. The van der Waals surface area contributed by atoms with Gasteiger partial charge in [0.05, 0.1) is 17.9 Å². The molecule has 6 aromatic carbocycles. The summed E-state index contributed by atoms with van der Waals surface area (Å²) in [5, 5.41) is 32.7. The molecule has 252 valence electrons. The molecule has 0 amide bonds. The molecule has 52 heavy (non-hydrogen) atoms. The van der Waals surface area contributed by atoms with E-state index in [0.717, 1.165) is 0 Å². The summed E-state index contributed by atoms with van der Waals surface area (Å²) in [5.41, 5.74) is 1.59. The average Bonchev–Trinajstić information content (AvgIpc) is 3.18. The fourth-order valence-corrected chi connectivity index (χ4v) is 4.81. The van der Waals surface area contributed by atoms with Gasteiger partial charge in [-0.05, 0) is 0 Å². The Morgan fingerprint density at radius 2 is 0.442 bits per heavy atom. The molecule has 0 aromatic heterocycles. The van der Waals surface area contributed by atoms with Gasteiger partial charge in [-0.25, -0.2) is 0 Å². The van der Waals surface area contributed by atoms with Gasteiger partial charge in [-0.2, -0.15) is 0 Å². The number of carbonyl (C=O) groups is 6. The van der Waals surface area contributed by atoms with Crippen LogP contribution in [0.5, 0.6) is 0 Å². The zero-order valence-electron chi connectivity index (χ0n) is 27.3. The van der Waals surface area contributed by atoms with Gasteiger partial charge in [0.25, 0.3) is 0 Å². The number of carboxylic acid groups (broad SMARTS) is 3. The van der Waals surface area contributed by atoms with Crippen LogP contribution in [0.3, 0.4) is 0 Å². The van der Waals surface area contributed by atoms with Crippen molar-refractivity contribution in [2.24, 2.45) is 0 Å². The maximum Gasteiger partial charge on any atom is 3.00 e. The summed E-state index contributed by atoms with van der Waals surface area (Å²) in [5.74, 6) is -4.97. The number of benzene rings is 6. The fraction of sp³-hybridized carbons (Fsp3) is 0. The number of carboxylic acids is 3. The van der Waals surface area contributed by atoms with Gasteiger partial charge in [0.1, 0.15) is 0 Å². The summed E-state index contributed by atoms with van der Waals surface area (Å²) in [6.45, 7) is 0. The van der Waals surface area contributed by atoms with E-state index in [0.29, 0.717) is 16.7 Å². The summed E-state index contributed by atoms with van der Waals surface area (Å²) in [4.78, 5) is 68.9. The summed E-state index contributed by atoms with van der Waals surface area (Å²) >= 11 is 0. The third-order valence-corrected chi connectivity index (χ3v) is 7.28. The van der Waals surface area contributed by atoms with Crippen molar-refractivity contribution in [1.29, 1.82) is 0 Å². The fourth-order valence-electron chi connectivity index (χ4n) is 4.81. The molecule has 0 heterocycles. The Bertz CT molecular complexity index is 1930. The van der Waals surface area contributed by atoms with E-state index < -0.39 is 17.9 Å². The van der Waals surface area contributed by atoms with E-state index in [9.17, 15) is 44.1 Å². The van der Waals surface area contributed by atoms with Crippen molar-refractivity contribution < 1.29 is 79.7 Å². The first-order valence-corrected chi connectivity index (χ1v) is 15.3. The van der Waals surface area contributed by atoms with E-state index >= 15 is 0 Å². The van der Waals surface area contributed by atoms with E-state index in [2.05, 4.69) is 0 Å². The van der Waals surface area contributed by atoms with Crippen LogP contribution in [0.15, 0.2) is 164 Å². The Kier molecular flexibility index (Phi) is 15.5. The van der Waals surface area contributed by atoms with Crippen LogP contribution in [0, 0.1) is 35.6 Å². The van der Waals surface area contributed by atoms with Crippen LogP contribution in [0.1, 0.15) is 78.8 Å². The smallest absolute Gasteiger partial charge is 0.545 e. The van der Waals surface area contributed by atoms with Gasteiger partial charge in [-0.1, -0.05) is 164 Å². The third-order valence-electron chi connectivity index (χ3n) is 7.28. The van der Waals surface area contributed by atoms with E-state index in [1.807, 2.05) is 0 Å². The molecule has 9 nitrogen and oxygen atoms in total. The van der Waals surface area contributed by atoms with Crippen molar-refractivity contribution in [1.82, 2.24) is 0 Å². The van der Waals surface area contributed by atoms with Crippen molar-refractivity contribution in [2.75, 3.05) is 0 Å². The first-order valence-electron chi connectivity index (χ1n) is 15.3. The van der Waals surface area contributed by atoms with E-state index in [4.69, 9.17) is 0 Å². The number of hydrogen-bond acceptors (Lipinski definition) is 9. The van der Waals surface area contributed by atoms with Crippen LogP contribution in [-0.2, 0) is 0 Å². The van der Waals surface area contributed by atoms with E-state index in [-0.39, 0.29) is 86.3 Å². The summed E-state index contributed by atoms with van der Waals surface area (Å²) < 4.78 is 0. The second kappa shape index (κ2) is 20.0. The molecule has 0 N–H and O–H groups in total. The van der Waals surface area contributed by atoms with Crippen LogP contribution in [0.2, 0.25) is 0 Å². The molecule has 0 bridgehead atoms. The zero-order valence-corrected chi connectivity index (χ0v) is 31.0. The second-order valence-electron chi connectivity index (χ2n) is 10.6. The van der Waals surface area contributed by atoms with Crippen LogP contribution in [-0.4, -0.2) is 35.3 Å². The monoisotopic (exact) mass is 814 g/mol. The van der Waals surface area contributed by atoms with Gasteiger partial charge >= 0.3 is 35.6 Å². The van der Waals surface area contributed by atoms with Crippen molar-refractivity contribution in [2.45, 2.75) is 0 Å². The zero-order chi connectivity index (χ0) is 36.8. The maximum absolute atomic E-state index is 12.1. The molecule has 0 saturated heterocycles. The number of carbonyl (C=O) groups excluding carboxylic acids is 6. The van der Waals surface area contributed by atoms with Crippen LogP contribution in [0.4, 0.5) is 0 Å². The predicted octanol–water partition coefficient (Wildman–Crippen LogP) is 3.84. The Hall–Kier alpha value is -6.07. The van der Waals surface area contributed by atoms with Crippen molar-refractivity contribution in [3.8, 4) is 0 Å². The van der Waals surface area contributed by atoms with Gasteiger partial charge in [-0.3, -0.25) is 14.4 Å². The SMILES string of the molecule is O=C([O-])c1ccccc1C(=O)c1ccccc1.O=C([O-])c1ccccc1C(=O)c1ccccc1.O=C([O-])c1ccccc1C(=O)c1ccccc1.[La+3]. The van der Waals surface area contributed by atoms with Gasteiger partial charge in [0, 0.05) is 50.1 Å². The van der Waals surface area contributed by atoms with Crippen LogP contribution >= 0.6 is 0 Å². The number of hydrogen-bond donors (Lipinski definition) is 0. The third kappa shape index (κ3) is 10.7. The Balaban J connectivity index is 0.000000208. The standard InChI is InChI=1S/3C14H10O3.La/c3*15-13(10-6-2-1-3-7-10)11-8-4-5-9-12(11)14(16)17;/h3*1-9H,(H,16,17);/q;;;+3/p-3.